The second-order valence-electron chi connectivity index (χ2n) is 13.3. The van der Waals surface area contributed by atoms with E-state index in [-0.39, 0.29) is 46.1 Å². The molecule has 0 saturated carbocycles. The number of aromatic nitrogens is 2. The van der Waals surface area contributed by atoms with E-state index in [1.54, 1.807) is 42.6 Å². The summed E-state index contributed by atoms with van der Waals surface area (Å²) in [6.07, 6.45) is 4.88. The van der Waals surface area contributed by atoms with Crippen molar-refractivity contribution in [1.82, 2.24) is 9.97 Å². The molecule has 3 aliphatic rings. The molecule has 1 spiro atoms. The summed E-state index contributed by atoms with van der Waals surface area (Å²) in [4.78, 5) is 53.2. The summed E-state index contributed by atoms with van der Waals surface area (Å²) in [7, 11) is 0. The molecule has 270 valence electrons. The van der Waals surface area contributed by atoms with Gasteiger partial charge < -0.3 is 25.2 Å². The standard InChI is InChI=1S/C38H30F4N6O4S/c39-23-15-27(41)31(28(42)16-23)46-36(50)30-14-22-7-11-48(29-17-24(40)18-44-32(29)33(22)53-30)37(51)21-3-5-25(6-4-21)45-35(49)26-2-1-10-43-34(26)47-19-38(20-47)8-12-52-13-9-38/h1-6,10,14-18H,7-9,11-13,19-20H2,(H,45,49)(H,46,50). The van der Waals surface area contributed by atoms with Gasteiger partial charge in [-0.2, -0.15) is 0 Å². The van der Waals surface area contributed by atoms with E-state index in [9.17, 15) is 31.9 Å². The first-order chi connectivity index (χ1) is 25.6. The predicted molar refractivity (Wildman–Crippen MR) is 190 cm³/mol. The number of carbonyl (C=O) groups is 3. The molecule has 5 aromatic rings. The number of carbonyl (C=O) groups excluding carboxylic acids is 3. The molecule has 8 rings (SSSR count). The summed E-state index contributed by atoms with van der Waals surface area (Å²) >= 11 is 0.961. The number of benzene rings is 2. The molecule has 0 radical (unpaired) electrons. The van der Waals surface area contributed by atoms with E-state index in [4.69, 9.17) is 4.74 Å². The van der Waals surface area contributed by atoms with Crippen LogP contribution in [-0.4, -0.2) is 60.5 Å². The van der Waals surface area contributed by atoms with E-state index >= 15 is 0 Å². The van der Waals surface area contributed by atoms with Crippen LogP contribution in [0.1, 0.15) is 48.8 Å². The van der Waals surface area contributed by atoms with Gasteiger partial charge in [0.25, 0.3) is 17.7 Å². The molecule has 2 saturated heterocycles. The number of ether oxygens (including phenoxy) is 1. The van der Waals surface area contributed by atoms with Crippen LogP contribution >= 0.6 is 11.3 Å². The third-order valence-electron chi connectivity index (χ3n) is 9.79. The van der Waals surface area contributed by atoms with Gasteiger partial charge in [0.2, 0.25) is 0 Å². The Kier molecular flexibility index (Phi) is 8.90. The Hall–Kier alpha value is -5.67. The monoisotopic (exact) mass is 742 g/mol. The molecule has 6 heterocycles. The second-order valence-corrected chi connectivity index (χ2v) is 14.3. The lowest BCUT2D eigenvalue weighted by Gasteiger charge is -2.53. The van der Waals surface area contributed by atoms with E-state index in [0.717, 1.165) is 56.7 Å². The first kappa shape index (κ1) is 34.4. The van der Waals surface area contributed by atoms with Crippen LogP contribution in [0, 0.1) is 28.7 Å². The van der Waals surface area contributed by atoms with E-state index in [1.807, 2.05) is 0 Å². The Labute approximate surface area is 304 Å². The van der Waals surface area contributed by atoms with Gasteiger partial charge in [0.1, 0.15) is 28.8 Å². The lowest BCUT2D eigenvalue weighted by atomic mass is 9.73. The molecule has 15 heteroatoms. The Balaban J connectivity index is 0.983. The first-order valence-electron chi connectivity index (χ1n) is 16.8. The third kappa shape index (κ3) is 6.61. The fourth-order valence-electron chi connectivity index (χ4n) is 7.05. The van der Waals surface area contributed by atoms with Gasteiger partial charge >= 0.3 is 0 Å². The number of anilines is 4. The average Bonchev–Trinajstić information content (AvgIpc) is 3.50. The summed E-state index contributed by atoms with van der Waals surface area (Å²) in [6, 6.07) is 13.4. The molecule has 53 heavy (non-hydrogen) atoms. The van der Waals surface area contributed by atoms with Crippen LogP contribution in [0.15, 0.2) is 73.1 Å². The maximum absolute atomic E-state index is 14.6. The lowest BCUT2D eigenvalue weighted by molar-refractivity contribution is -0.000510. The highest BCUT2D eigenvalue weighted by atomic mass is 32.1. The van der Waals surface area contributed by atoms with Gasteiger partial charge in [-0.1, -0.05) is 0 Å². The minimum atomic E-state index is -1.27. The first-order valence-corrected chi connectivity index (χ1v) is 17.6. The Bertz CT molecular complexity index is 2250. The lowest BCUT2D eigenvalue weighted by Crippen LogP contribution is -2.59. The predicted octanol–water partition coefficient (Wildman–Crippen LogP) is 7.09. The normalized spacial score (nSPS) is 15.9. The summed E-state index contributed by atoms with van der Waals surface area (Å²) in [5.41, 5.74) is 1.62. The Morgan fingerprint density at radius 3 is 2.32 bits per heavy atom. The number of amides is 3. The fourth-order valence-corrected chi connectivity index (χ4v) is 8.16. The third-order valence-corrected chi connectivity index (χ3v) is 11.0. The molecule has 3 amide bonds. The summed E-state index contributed by atoms with van der Waals surface area (Å²) in [5.74, 6) is -5.35. The van der Waals surface area contributed by atoms with Crippen molar-refractivity contribution in [3.63, 3.8) is 0 Å². The van der Waals surface area contributed by atoms with Crippen molar-refractivity contribution >= 4 is 51.9 Å². The molecule has 0 atom stereocenters. The summed E-state index contributed by atoms with van der Waals surface area (Å²) in [5, 5.41) is 5.05. The van der Waals surface area contributed by atoms with Crippen LogP contribution in [0.3, 0.4) is 0 Å². The average molecular weight is 743 g/mol. The molecule has 2 N–H and O–H groups in total. The van der Waals surface area contributed by atoms with Crippen LogP contribution in [0.4, 0.5) is 40.4 Å². The van der Waals surface area contributed by atoms with Crippen molar-refractivity contribution in [2.24, 2.45) is 5.41 Å². The summed E-state index contributed by atoms with van der Waals surface area (Å²) in [6.45, 7) is 3.20. The SMILES string of the molecule is O=C(Nc1c(F)cc(F)cc1F)c1cc2c(s1)-c1ncc(F)cc1N(C(=O)c1ccc(NC(=O)c3cccnc3N3CC4(CCOCC4)C3)cc1)CC2. The maximum Gasteiger partial charge on any atom is 0.265 e. The highest BCUT2D eigenvalue weighted by Crippen LogP contribution is 2.43. The van der Waals surface area contributed by atoms with Crippen LogP contribution in [-0.2, 0) is 11.2 Å². The van der Waals surface area contributed by atoms with Crippen molar-refractivity contribution in [3.05, 3.63) is 118 Å². The molecule has 3 aromatic heterocycles. The van der Waals surface area contributed by atoms with Gasteiger partial charge in [-0.3, -0.25) is 19.4 Å². The minimum absolute atomic E-state index is 0.0825. The fraction of sp³-hybridized carbons (Fsp3) is 0.237. The van der Waals surface area contributed by atoms with Crippen LogP contribution in [0.25, 0.3) is 10.6 Å². The van der Waals surface area contributed by atoms with E-state index in [2.05, 4.69) is 25.5 Å². The second kappa shape index (κ2) is 13.7. The number of halogens is 4. The zero-order valence-electron chi connectivity index (χ0n) is 27.9. The zero-order valence-corrected chi connectivity index (χ0v) is 28.7. The number of pyridine rings is 2. The largest absolute Gasteiger partial charge is 0.381 e. The van der Waals surface area contributed by atoms with Crippen LogP contribution in [0.2, 0.25) is 0 Å². The maximum atomic E-state index is 14.6. The van der Waals surface area contributed by atoms with Gasteiger partial charge in [-0.25, -0.2) is 22.5 Å². The van der Waals surface area contributed by atoms with Crippen LogP contribution in [0.5, 0.6) is 0 Å². The van der Waals surface area contributed by atoms with Crippen molar-refractivity contribution in [1.29, 1.82) is 0 Å². The number of hydrogen-bond donors (Lipinski definition) is 2. The molecule has 3 aliphatic heterocycles. The highest BCUT2D eigenvalue weighted by molar-refractivity contribution is 7.17. The Morgan fingerprint density at radius 2 is 1.58 bits per heavy atom. The highest BCUT2D eigenvalue weighted by Gasteiger charge is 2.45. The number of fused-ring (bicyclic) bond motifs is 3. The minimum Gasteiger partial charge on any atom is -0.381 e. The van der Waals surface area contributed by atoms with Crippen molar-refractivity contribution in [2.75, 3.05) is 53.3 Å². The number of nitrogens with zero attached hydrogens (tertiary/aromatic N) is 4. The van der Waals surface area contributed by atoms with Crippen LogP contribution < -0.4 is 20.4 Å². The van der Waals surface area contributed by atoms with Crippen molar-refractivity contribution < 1.29 is 36.7 Å². The molecular weight excluding hydrogens is 713 g/mol. The van der Waals surface area contributed by atoms with Crippen molar-refractivity contribution in [2.45, 2.75) is 19.3 Å². The number of rotatable bonds is 6. The molecule has 0 aliphatic carbocycles. The smallest absolute Gasteiger partial charge is 0.265 e. The van der Waals surface area contributed by atoms with Gasteiger partial charge in [0, 0.05) is 73.9 Å². The zero-order chi connectivity index (χ0) is 36.9. The summed E-state index contributed by atoms with van der Waals surface area (Å²) < 4.78 is 61.9. The molecule has 2 aromatic carbocycles. The van der Waals surface area contributed by atoms with Gasteiger partial charge in [0.15, 0.2) is 11.6 Å². The van der Waals surface area contributed by atoms with Gasteiger partial charge in [-0.05, 0) is 67.3 Å². The molecule has 10 nitrogen and oxygen atoms in total. The molecule has 0 unspecified atom stereocenters. The van der Waals surface area contributed by atoms with Gasteiger partial charge in [-0.15, -0.1) is 11.3 Å². The molecular formula is C38H30F4N6O4S. The number of hydrogen-bond acceptors (Lipinski definition) is 8. The quantitative estimate of drug-likeness (QED) is 0.179. The van der Waals surface area contributed by atoms with Gasteiger partial charge in [0.05, 0.1) is 27.2 Å². The molecule has 0 bridgehead atoms. The number of thiophene rings is 1. The molecule has 2 fully saturated rings. The van der Waals surface area contributed by atoms with E-state index in [1.165, 1.54) is 17.0 Å². The van der Waals surface area contributed by atoms with E-state index < -0.39 is 40.8 Å². The number of nitrogens with one attached hydrogen (secondary N) is 2. The van der Waals surface area contributed by atoms with Crippen molar-refractivity contribution in [3.8, 4) is 10.6 Å². The topological polar surface area (TPSA) is 117 Å². The van der Waals surface area contributed by atoms with E-state index in [0.29, 0.717) is 39.6 Å². The Morgan fingerprint density at radius 1 is 0.849 bits per heavy atom.